The van der Waals surface area contributed by atoms with E-state index in [0.29, 0.717) is 24.3 Å². The summed E-state index contributed by atoms with van der Waals surface area (Å²) in [6, 6.07) is 0. The maximum atomic E-state index is 12.6. The van der Waals surface area contributed by atoms with Gasteiger partial charge in [-0.2, -0.15) is 0 Å². The van der Waals surface area contributed by atoms with Gasteiger partial charge in [-0.05, 0) is 50.3 Å². The summed E-state index contributed by atoms with van der Waals surface area (Å²) in [5, 5.41) is 0. The van der Waals surface area contributed by atoms with Gasteiger partial charge in [0.2, 0.25) is 5.91 Å². The standard InChI is InChI=1S/C13H24N2OS/c1-10-4-6-15(9-11(10)8-14)12(16)13(2)5-3-7-17-13/h10-11H,3-9,14H2,1-2H3. The van der Waals surface area contributed by atoms with Crippen molar-refractivity contribution in [2.24, 2.45) is 17.6 Å². The van der Waals surface area contributed by atoms with Crippen LogP contribution in [0.1, 0.15) is 33.1 Å². The Morgan fingerprint density at radius 2 is 2.35 bits per heavy atom. The van der Waals surface area contributed by atoms with Gasteiger partial charge in [-0.1, -0.05) is 6.92 Å². The molecule has 2 rings (SSSR count). The number of thioether (sulfide) groups is 1. The van der Waals surface area contributed by atoms with Crippen molar-refractivity contribution in [3.8, 4) is 0 Å². The van der Waals surface area contributed by atoms with Gasteiger partial charge in [0, 0.05) is 13.1 Å². The fourth-order valence-corrected chi connectivity index (χ4v) is 4.20. The Morgan fingerprint density at radius 1 is 1.59 bits per heavy atom. The first-order chi connectivity index (χ1) is 8.07. The molecule has 2 heterocycles. The maximum Gasteiger partial charge on any atom is 0.238 e. The number of hydrogen-bond acceptors (Lipinski definition) is 3. The van der Waals surface area contributed by atoms with Crippen LogP contribution >= 0.6 is 11.8 Å². The van der Waals surface area contributed by atoms with Crippen molar-refractivity contribution in [3.05, 3.63) is 0 Å². The molecule has 0 bridgehead atoms. The monoisotopic (exact) mass is 256 g/mol. The van der Waals surface area contributed by atoms with Gasteiger partial charge < -0.3 is 10.6 Å². The van der Waals surface area contributed by atoms with Crippen LogP contribution in [0.4, 0.5) is 0 Å². The van der Waals surface area contributed by atoms with Crippen molar-refractivity contribution in [3.63, 3.8) is 0 Å². The van der Waals surface area contributed by atoms with Crippen molar-refractivity contribution < 1.29 is 4.79 Å². The van der Waals surface area contributed by atoms with Crippen LogP contribution in [-0.4, -0.2) is 40.9 Å². The van der Waals surface area contributed by atoms with E-state index in [0.717, 1.165) is 31.7 Å². The van der Waals surface area contributed by atoms with E-state index in [1.807, 2.05) is 11.8 Å². The molecule has 3 nitrogen and oxygen atoms in total. The van der Waals surface area contributed by atoms with Gasteiger partial charge in [-0.3, -0.25) is 4.79 Å². The van der Waals surface area contributed by atoms with Crippen LogP contribution in [0.15, 0.2) is 0 Å². The quantitative estimate of drug-likeness (QED) is 0.818. The number of piperidine rings is 1. The zero-order valence-electron chi connectivity index (χ0n) is 10.9. The fourth-order valence-electron chi connectivity index (χ4n) is 2.92. The SMILES string of the molecule is CC1CCN(C(=O)C2(C)CCCS2)CC1CN. The van der Waals surface area contributed by atoms with Gasteiger partial charge in [-0.25, -0.2) is 0 Å². The Balaban J connectivity index is 2.00. The van der Waals surface area contributed by atoms with Crippen LogP contribution in [0, 0.1) is 11.8 Å². The Hall–Kier alpha value is -0.220. The highest BCUT2D eigenvalue weighted by Gasteiger charge is 2.41. The molecule has 4 heteroatoms. The lowest BCUT2D eigenvalue weighted by molar-refractivity contribution is -0.135. The van der Waals surface area contributed by atoms with Crippen molar-refractivity contribution in [1.29, 1.82) is 0 Å². The molecule has 1 amide bonds. The Kier molecular flexibility index (Phi) is 4.03. The van der Waals surface area contributed by atoms with Crippen LogP contribution in [0.2, 0.25) is 0 Å². The van der Waals surface area contributed by atoms with E-state index in [9.17, 15) is 4.79 Å². The van der Waals surface area contributed by atoms with Gasteiger partial charge in [0.15, 0.2) is 0 Å². The number of carbonyl (C=O) groups is 1. The van der Waals surface area contributed by atoms with Crippen LogP contribution < -0.4 is 5.73 Å². The second-order valence-corrected chi connectivity index (χ2v) is 7.29. The molecular formula is C13H24N2OS. The van der Waals surface area contributed by atoms with Crippen molar-refractivity contribution in [2.45, 2.75) is 37.9 Å². The molecule has 0 aromatic heterocycles. The number of hydrogen-bond donors (Lipinski definition) is 1. The highest BCUT2D eigenvalue weighted by Crippen LogP contribution is 2.40. The summed E-state index contributed by atoms with van der Waals surface area (Å²) < 4.78 is -0.153. The van der Waals surface area contributed by atoms with E-state index in [2.05, 4.69) is 18.7 Å². The molecule has 0 spiro atoms. The summed E-state index contributed by atoms with van der Waals surface area (Å²) in [5.74, 6) is 2.63. The Morgan fingerprint density at radius 3 is 2.94 bits per heavy atom. The molecule has 0 aromatic rings. The molecule has 2 N–H and O–H groups in total. The number of nitrogens with zero attached hydrogens (tertiary/aromatic N) is 1. The second-order valence-electron chi connectivity index (χ2n) is 5.70. The summed E-state index contributed by atoms with van der Waals surface area (Å²) in [6.07, 6.45) is 3.32. The number of nitrogens with two attached hydrogens (primary N) is 1. The van der Waals surface area contributed by atoms with E-state index in [1.165, 1.54) is 6.42 Å². The molecule has 98 valence electrons. The van der Waals surface area contributed by atoms with Gasteiger partial charge in [0.05, 0.1) is 4.75 Å². The molecule has 2 fully saturated rings. The van der Waals surface area contributed by atoms with E-state index >= 15 is 0 Å². The highest BCUT2D eigenvalue weighted by molar-refractivity contribution is 8.01. The van der Waals surface area contributed by atoms with Gasteiger partial charge in [0.25, 0.3) is 0 Å². The summed E-state index contributed by atoms with van der Waals surface area (Å²) in [7, 11) is 0. The maximum absolute atomic E-state index is 12.6. The summed E-state index contributed by atoms with van der Waals surface area (Å²) in [5.41, 5.74) is 5.80. The summed E-state index contributed by atoms with van der Waals surface area (Å²) in [4.78, 5) is 14.6. The van der Waals surface area contributed by atoms with Gasteiger partial charge in [-0.15, -0.1) is 11.8 Å². The minimum Gasteiger partial charge on any atom is -0.341 e. The first kappa shape index (κ1) is 13.2. The lowest BCUT2D eigenvalue weighted by atomic mass is 9.86. The fraction of sp³-hybridized carbons (Fsp3) is 0.923. The first-order valence-corrected chi connectivity index (χ1v) is 7.69. The van der Waals surface area contributed by atoms with Crippen LogP contribution in [0.5, 0.6) is 0 Å². The number of amides is 1. The van der Waals surface area contributed by atoms with E-state index in [4.69, 9.17) is 5.73 Å². The van der Waals surface area contributed by atoms with E-state index in [-0.39, 0.29) is 4.75 Å². The average molecular weight is 256 g/mol. The zero-order chi connectivity index (χ0) is 12.5. The molecule has 0 aromatic carbocycles. The minimum absolute atomic E-state index is 0.153. The smallest absolute Gasteiger partial charge is 0.238 e. The number of carbonyl (C=O) groups excluding carboxylic acids is 1. The molecule has 2 aliphatic rings. The number of rotatable bonds is 2. The molecule has 2 aliphatic heterocycles. The Bertz CT molecular complexity index is 289. The number of likely N-dealkylation sites (tertiary alicyclic amines) is 1. The van der Waals surface area contributed by atoms with Crippen LogP contribution in [0.3, 0.4) is 0 Å². The third-order valence-electron chi connectivity index (χ3n) is 4.38. The van der Waals surface area contributed by atoms with Crippen molar-refractivity contribution in [2.75, 3.05) is 25.4 Å². The van der Waals surface area contributed by atoms with Crippen molar-refractivity contribution in [1.82, 2.24) is 4.90 Å². The predicted molar refractivity (Wildman–Crippen MR) is 73.0 cm³/mol. The van der Waals surface area contributed by atoms with Crippen LogP contribution in [-0.2, 0) is 4.79 Å². The van der Waals surface area contributed by atoms with Crippen molar-refractivity contribution >= 4 is 17.7 Å². The van der Waals surface area contributed by atoms with Gasteiger partial charge >= 0.3 is 0 Å². The summed E-state index contributed by atoms with van der Waals surface area (Å²) >= 11 is 1.83. The summed E-state index contributed by atoms with van der Waals surface area (Å²) in [6.45, 7) is 6.86. The molecule has 2 saturated heterocycles. The largest absolute Gasteiger partial charge is 0.341 e. The average Bonchev–Trinajstić information content (AvgIpc) is 2.77. The minimum atomic E-state index is -0.153. The molecule has 0 saturated carbocycles. The van der Waals surface area contributed by atoms with E-state index in [1.54, 1.807) is 0 Å². The third kappa shape index (κ3) is 2.63. The topological polar surface area (TPSA) is 46.3 Å². The zero-order valence-corrected chi connectivity index (χ0v) is 11.8. The molecule has 0 aliphatic carbocycles. The molecule has 0 radical (unpaired) electrons. The molecule has 17 heavy (non-hydrogen) atoms. The lowest BCUT2D eigenvalue weighted by Gasteiger charge is -2.39. The molecule has 3 unspecified atom stereocenters. The normalized spacial score (nSPS) is 38.4. The first-order valence-electron chi connectivity index (χ1n) is 6.70. The molecular weight excluding hydrogens is 232 g/mol. The second kappa shape index (κ2) is 5.19. The third-order valence-corrected chi connectivity index (χ3v) is 5.88. The Labute approximate surface area is 108 Å². The predicted octanol–water partition coefficient (Wildman–Crippen LogP) is 1.72. The van der Waals surface area contributed by atoms with Crippen LogP contribution in [0.25, 0.3) is 0 Å². The molecule has 3 atom stereocenters. The van der Waals surface area contributed by atoms with E-state index < -0.39 is 0 Å². The lowest BCUT2D eigenvalue weighted by Crippen LogP contribution is -2.51. The van der Waals surface area contributed by atoms with Gasteiger partial charge in [0.1, 0.15) is 0 Å². The highest BCUT2D eigenvalue weighted by atomic mass is 32.2.